The molecule has 0 spiro atoms. The molecule has 0 unspecified atom stereocenters. The second kappa shape index (κ2) is 5.68. The number of hydrogen-bond acceptors (Lipinski definition) is 2. The molecule has 3 saturated carbocycles. The van der Waals surface area contributed by atoms with Crippen molar-refractivity contribution >= 4 is 5.78 Å². The second-order valence-corrected chi connectivity index (χ2v) is 10.9. The van der Waals surface area contributed by atoms with Crippen LogP contribution in [-0.4, -0.2) is 17.5 Å². The van der Waals surface area contributed by atoms with Crippen molar-refractivity contribution in [3.8, 4) is 0 Å². The van der Waals surface area contributed by atoms with Gasteiger partial charge in [0.2, 0.25) is 0 Å². The van der Waals surface area contributed by atoms with Crippen molar-refractivity contribution < 1.29 is 9.53 Å². The Morgan fingerprint density at radius 3 is 2.52 bits per heavy atom. The van der Waals surface area contributed by atoms with Gasteiger partial charge in [-0.25, -0.2) is 0 Å². The van der Waals surface area contributed by atoms with Crippen molar-refractivity contribution in [2.24, 2.45) is 34.5 Å². The summed E-state index contributed by atoms with van der Waals surface area (Å²) < 4.78 is 6.54. The second-order valence-electron chi connectivity index (χ2n) is 10.9. The Kier molecular flexibility index (Phi) is 4.04. The number of fused-ring (bicyclic) bond motifs is 5. The van der Waals surface area contributed by atoms with Crippen molar-refractivity contribution in [1.82, 2.24) is 0 Å². The van der Waals surface area contributed by atoms with E-state index in [1.807, 2.05) is 6.08 Å². The summed E-state index contributed by atoms with van der Waals surface area (Å²) in [5.74, 6) is 3.33. The lowest BCUT2D eigenvalue weighted by atomic mass is 9.46. The monoisotopic (exact) mass is 344 g/mol. The lowest BCUT2D eigenvalue weighted by molar-refractivity contribution is -0.147. The van der Waals surface area contributed by atoms with E-state index < -0.39 is 0 Å². The first-order valence-corrected chi connectivity index (χ1v) is 10.5. The Hall–Kier alpha value is -0.630. The summed E-state index contributed by atoms with van der Waals surface area (Å²) in [5, 5.41) is 0. The molecule has 0 saturated heterocycles. The maximum atomic E-state index is 11.9. The molecule has 0 radical (unpaired) electrons. The number of allylic oxidation sites excluding steroid dienone is 2. The fraction of sp³-hybridized carbons (Fsp3) is 0.870. The lowest BCUT2D eigenvalue weighted by Crippen LogP contribution is -2.53. The summed E-state index contributed by atoms with van der Waals surface area (Å²) in [7, 11) is 0. The normalized spacial score (nSPS) is 49.5. The molecule has 2 heteroatoms. The average Bonchev–Trinajstić information content (AvgIpc) is 2.83. The molecule has 0 aromatic heterocycles. The summed E-state index contributed by atoms with van der Waals surface area (Å²) in [4.78, 5) is 11.9. The smallest absolute Gasteiger partial charge is 0.155 e. The number of carbonyl (C=O) groups is 1. The first-order chi connectivity index (χ1) is 11.6. The maximum absolute atomic E-state index is 11.9. The summed E-state index contributed by atoms with van der Waals surface area (Å²) in [5.41, 5.74) is 0.558. The highest BCUT2D eigenvalue weighted by Crippen LogP contribution is 2.65. The van der Waals surface area contributed by atoms with E-state index in [9.17, 15) is 4.79 Å². The molecule has 0 aromatic rings. The first kappa shape index (κ1) is 17.8. The number of ketones is 1. The van der Waals surface area contributed by atoms with Crippen molar-refractivity contribution in [1.29, 1.82) is 0 Å². The van der Waals surface area contributed by atoms with Gasteiger partial charge < -0.3 is 4.74 Å². The molecule has 7 atom stereocenters. The van der Waals surface area contributed by atoms with Crippen molar-refractivity contribution in [3.63, 3.8) is 0 Å². The molecule has 140 valence electrons. The third-order valence-electron chi connectivity index (χ3n) is 8.45. The molecule has 0 amide bonds. The molecular weight excluding hydrogens is 308 g/mol. The first-order valence-electron chi connectivity index (χ1n) is 10.5. The lowest BCUT2D eigenvalue weighted by Gasteiger charge is -2.59. The van der Waals surface area contributed by atoms with E-state index in [1.165, 1.54) is 38.5 Å². The zero-order valence-electron chi connectivity index (χ0n) is 16.8. The maximum Gasteiger partial charge on any atom is 0.155 e. The van der Waals surface area contributed by atoms with Crippen molar-refractivity contribution in [2.45, 2.75) is 91.3 Å². The zero-order chi connectivity index (χ0) is 18.0. The van der Waals surface area contributed by atoms with Gasteiger partial charge in [-0.2, -0.15) is 0 Å². The van der Waals surface area contributed by atoms with E-state index in [2.05, 4.69) is 40.7 Å². The highest BCUT2D eigenvalue weighted by Gasteiger charge is 2.60. The Balaban J connectivity index is 1.60. The summed E-state index contributed by atoms with van der Waals surface area (Å²) in [6.45, 7) is 11.6. The number of ether oxygens (including phenoxy) is 1. The van der Waals surface area contributed by atoms with Gasteiger partial charge in [-0.05, 0) is 99.9 Å². The standard InChI is InChI=1S/C23H36O2/c1-21(2,3)25-20-9-8-18-17-7-6-15-14-16(24)10-12-22(15,4)19(17)11-13-23(18,20)5/h10,12,15,17-20H,6-9,11,13-14H2,1-5H3/t15-,17-,18-,19-,20-,22-,23-/m0/s1. The van der Waals surface area contributed by atoms with Gasteiger partial charge in [0.25, 0.3) is 0 Å². The molecule has 0 bridgehead atoms. The summed E-state index contributed by atoms with van der Waals surface area (Å²) in [6, 6.07) is 0. The highest BCUT2D eigenvalue weighted by molar-refractivity contribution is 5.91. The number of carbonyl (C=O) groups excluding carboxylic acids is 1. The zero-order valence-corrected chi connectivity index (χ0v) is 16.8. The van der Waals surface area contributed by atoms with E-state index >= 15 is 0 Å². The van der Waals surface area contributed by atoms with Gasteiger partial charge >= 0.3 is 0 Å². The molecular formula is C23H36O2. The largest absolute Gasteiger partial charge is 0.372 e. The van der Waals surface area contributed by atoms with E-state index in [-0.39, 0.29) is 11.0 Å². The molecule has 4 aliphatic rings. The topological polar surface area (TPSA) is 26.3 Å². The minimum atomic E-state index is -0.0461. The Morgan fingerprint density at radius 2 is 1.80 bits per heavy atom. The van der Waals surface area contributed by atoms with Gasteiger partial charge in [-0.3, -0.25) is 4.79 Å². The molecule has 3 fully saturated rings. The molecule has 0 aromatic carbocycles. The third-order valence-corrected chi connectivity index (χ3v) is 8.45. The third kappa shape index (κ3) is 2.74. The van der Waals surface area contributed by atoms with Crippen molar-refractivity contribution in [2.75, 3.05) is 0 Å². The van der Waals surface area contributed by atoms with Crippen LogP contribution in [0.1, 0.15) is 79.6 Å². The van der Waals surface area contributed by atoms with Gasteiger partial charge in [-0.15, -0.1) is 0 Å². The van der Waals surface area contributed by atoms with Crippen LogP contribution < -0.4 is 0 Å². The molecule has 25 heavy (non-hydrogen) atoms. The van der Waals surface area contributed by atoms with Gasteiger partial charge in [0.15, 0.2) is 5.78 Å². The Morgan fingerprint density at radius 1 is 1.04 bits per heavy atom. The van der Waals surface area contributed by atoms with Gasteiger partial charge in [-0.1, -0.05) is 19.9 Å². The predicted molar refractivity (Wildman–Crippen MR) is 101 cm³/mol. The van der Waals surface area contributed by atoms with Crippen LogP contribution in [0.15, 0.2) is 12.2 Å². The van der Waals surface area contributed by atoms with Crippen LogP contribution in [0, 0.1) is 34.5 Å². The van der Waals surface area contributed by atoms with Crippen LogP contribution in [0.5, 0.6) is 0 Å². The quantitative estimate of drug-likeness (QED) is 0.622. The molecule has 2 nitrogen and oxygen atoms in total. The Bertz CT molecular complexity index is 585. The van der Waals surface area contributed by atoms with Crippen LogP contribution in [0.2, 0.25) is 0 Å². The van der Waals surface area contributed by atoms with Crippen LogP contribution in [0.4, 0.5) is 0 Å². The van der Waals surface area contributed by atoms with Crippen LogP contribution >= 0.6 is 0 Å². The predicted octanol–water partition coefficient (Wildman–Crippen LogP) is 5.56. The fourth-order valence-corrected chi connectivity index (χ4v) is 7.21. The van der Waals surface area contributed by atoms with E-state index in [0.717, 1.165) is 24.2 Å². The van der Waals surface area contributed by atoms with Gasteiger partial charge in [0.05, 0.1) is 11.7 Å². The van der Waals surface area contributed by atoms with Crippen LogP contribution in [-0.2, 0) is 9.53 Å². The summed E-state index contributed by atoms with van der Waals surface area (Å²) >= 11 is 0. The van der Waals surface area contributed by atoms with E-state index in [1.54, 1.807) is 0 Å². The number of rotatable bonds is 1. The van der Waals surface area contributed by atoms with Crippen LogP contribution in [0.3, 0.4) is 0 Å². The van der Waals surface area contributed by atoms with Gasteiger partial charge in [0.1, 0.15) is 0 Å². The average molecular weight is 345 g/mol. The van der Waals surface area contributed by atoms with E-state index in [4.69, 9.17) is 4.74 Å². The number of hydrogen-bond donors (Lipinski definition) is 0. The van der Waals surface area contributed by atoms with Crippen molar-refractivity contribution in [3.05, 3.63) is 12.2 Å². The van der Waals surface area contributed by atoms with Crippen LogP contribution in [0.25, 0.3) is 0 Å². The molecule has 0 heterocycles. The Labute approximate surface area is 153 Å². The SMILES string of the molecule is CC(C)(C)O[C@H]1CC[C@H]2[C@@H]3CC[C@H]4CC(=O)C=C[C@]4(C)[C@H]3CC[C@]12C. The molecule has 4 rings (SSSR count). The summed E-state index contributed by atoms with van der Waals surface area (Å²) in [6.07, 6.45) is 13.2. The van der Waals surface area contributed by atoms with Gasteiger partial charge in [0, 0.05) is 6.42 Å². The minimum Gasteiger partial charge on any atom is -0.372 e. The minimum absolute atomic E-state index is 0.0461. The van der Waals surface area contributed by atoms with E-state index in [0.29, 0.717) is 23.2 Å². The highest BCUT2D eigenvalue weighted by atomic mass is 16.5. The fourth-order valence-electron chi connectivity index (χ4n) is 7.21. The molecule has 4 aliphatic carbocycles. The molecule has 0 aliphatic heterocycles. The molecule has 0 N–H and O–H groups in total.